The first-order valence-electron chi connectivity index (χ1n) is 6.35. The predicted octanol–water partition coefficient (Wildman–Crippen LogP) is 3.64. The fraction of sp³-hybridized carbons (Fsp3) is 0.0625. The molecule has 106 valence electrons. The highest BCUT2D eigenvalue weighted by Gasteiger charge is 2.17. The molecule has 0 aliphatic heterocycles. The van der Waals surface area contributed by atoms with Crippen molar-refractivity contribution in [2.24, 2.45) is 0 Å². The van der Waals surface area contributed by atoms with Crippen molar-refractivity contribution < 1.29 is 9.53 Å². The Hall–Kier alpha value is -2.46. The van der Waals surface area contributed by atoms with Crippen molar-refractivity contribution in [2.75, 3.05) is 12.8 Å². The molecule has 4 nitrogen and oxygen atoms in total. The molecule has 5 heteroatoms. The molecule has 0 spiro atoms. The number of benzene rings is 2. The molecule has 0 aliphatic carbocycles. The van der Waals surface area contributed by atoms with Crippen LogP contribution >= 0.6 is 11.6 Å². The van der Waals surface area contributed by atoms with E-state index in [-0.39, 0.29) is 5.78 Å². The van der Waals surface area contributed by atoms with Gasteiger partial charge in [-0.2, -0.15) is 0 Å². The highest BCUT2D eigenvalue weighted by Crippen LogP contribution is 2.27. The molecule has 0 atom stereocenters. The van der Waals surface area contributed by atoms with Crippen LogP contribution < -0.4 is 10.5 Å². The molecule has 21 heavy (non-hydrogen) atoms. The summed E-state index contributed by atoms with van der Waals surface area (Å²) >= 11 is 6.01. The molecule has 0 radical (unpaired) electrons. The number of nitrogens with one attached hydrogen (secondary N) is 1. The second-order valence-corrected chi connectivity index (χ2v) is 5.11. The topological polar surface area (TPSA) is 68.1 Å². The van der Waals surface area contributed by atoms with Crippen LogP contribution in [0.2, 0.25) is 5.02 Å². The van der Waals surface area contributed by atoms with Gasteiger partial charge in [-0.25, -0.2) is 0 Å². The Bertz CT molecular complexity index is 839. The maximum absolute atomic E-state index is 12.7. The number of halogens is 1. The molecule has 0 saturated heterocycles. The van der Waals surface area contributed by atoms with E-state index < -0.39 is 0 Å². The van der Waals surface area contributed by atoms with Crippen molar-refractivity contribution in [3.63, 3.8) is 0 Å². The van der Waals surface area contributed by atoms with Crippen LogP contribution in [-0.2, 0) is 0 Å². The SMILES string of the molecule is COc1ccc(N)c(C(=O)c2c[nH]c3ccc(Cl)cc23)c1. The van der Waals surface area contributed by atoms with Gasteiger partial charge >= 0.3 is 0 Å². The number of ether oxygens (including phenoxy) is 1. The Kier molecular flexibility index (Phi) is 3.31. The summed E-state index contributed by atoms with van der Waals surface area (Å²) in [7, 11) is 1.55. The van der Waals surface area contributed by atoms with Crippen LogP contribution in [0.25, 0.3) is 10.9 Å². The highest BCUT2D eigenvalue weighted by atomic mass is 35.5. The fourth-order valence-corrected chi connectivity index (χ4v) is 2.46. The van der Waals surface area contributed by atoms with Crippen molar-refractivity contribution >= 4 is 34.0 Å². The first-order chi connectivity index (χ1) is 10.1. The highest BCUT2D eigenvalue weighted by molar-refractivity contribution is 6.31. The van der Waals surface area contributed by atoms with Crippen molar-refractivity contribution in [1.82, 2.24) is 4.98 Å². The van der Waals surface area contributed by atoms with E-state index >= 15 is 0 Å². The van der Waals surface area contributed by atoms with E-state index in [0.717, 1.165) is 10.9 Å². The number of aromatic amines is 1. The molecule has 3 N–H and O–H groups in total. The summed E-state index contributed by atoms with van der Waals surface area (Å²) in [4.78, 5) is 15.8. The Morgan fingerprint density at radius 2 is 2.00 bits per heavy atom. The zero-order chi connectivity index (χ0) is 15.0. The first kappa shape index (κ1) is 13.5. The third kappa shape index (κ3) is 2.34. The molecule has 1 heterocycles. The average Bonchev–Trinajstić information content (AvgIpc) is 2.90. The van der Waals surface area contributed by atoms with Gasteiger partial charge in [-0.3, -0.25) is 4.79 Å². The van der Waals surface area contributed by atoms with Gasteiger partial charge < -0.3 is 15.5 Å². The quantitative estimate of drug-likeness (QED) is 0.573. The smallest absolute Gasteiger partial charge is 0.197 e. The van der Waals surface area contributed by atoms with Gasteiger partial charge in [0.15, 0.2) is 5.78 Å². The Morgan fingerprint density at radius 3 is 2.76 bits per heavy atom. The molecule has 0 unspecified atom stereocenters. The van der Waals surface area contributed by atoms with Gasteiger partial charge in [0.1, 0.15) is 5.75 Å². The zero-order valence-corrected chi connectivity index (χ0v) is 12.1. The van der Waals surface area contributed by atoms with Crippen LogP contribution in [0.5, 0.6) is 5.75 Å². The number of carbonyl (C=O) groups excluding carboxylic acids is 1. The maximum atomic E-state index is 12.7. The number of carbonyl (C=O) groups is 1. The van der Waals surface area contributed by atoms with E-state index in [1.165, 1.54) is 0 Å². The lowest BCUT2D eigenvalue weighted by Gasteiger charge is -2.07. The number of nitrogens with two attached hydrogens (primary N) is 1. The van der Waals surface area contributed by atoms with Gasteiger partial charge in [0.2, 0.25) is 0 Å². The van der Waals surface area contributed by atoms with Gasteiger partial charge in [0, 0.05) is 38.9 Å². The largest absolute Gasteiger partial charge is 0.497 e. The van der Waals surface area contributed by atoms with E-state index in [2.05, 4.69) is 4.98 Å². The zero-order valence-electron chi connectivity index (χ0n) is 11.3. The summed E-state index contributed by atoms with van der Waals surface area (Å²) in [5.41, 5.74) is 8.12. The molecule has 3 rings (SSSR count). The normalized spacial score (nSPS) is 10.8. The number of nitrogen functional groups attached to an aromatic ring is 1. The van der Waals surface area contributed by atoms with Gasteiger partial charge in [-0.05, 0) is 36.4 Å². The minimum atomic E-state index is -0.167. The van der Waals surface area contributed by atoms with Crippen molar-refractivity contribution in [2.45, 2.75) is 0 Å². The van der Waals surface area contributed by atoms with Crippen LogP contribution in [0, 0.1) is 0 Å². The second kappa shape index (κ2) is 5.14. The molecule has 3 aromatic rings. The van der Waals surface area contributed by atoms with E-state index in [4.69, 9.17) is 22.1 Å². The Morgan fingerprint density at radius 1 is 1.19 bits per heavy atom. The number of hydrogen-bond acceptors (Lipinski definition) is 3. The molecule has 0 fully saturated rings. The number of fused-ring (bicyclic) bond motifs is 1. The molecule has 0 aliphatic rings. The lowest BCUT2D eigenvalue weighted by Crippen LogP contribution is -2.05. The number of rotatable bonds is 3. The van der Waals surface area contributed by atoms with E-state index in [1.54, 1.807) is 43.6 Å². The Balaban J connectivity index is 2.14. The number of ketones is 1. The van der Waals surface area contributed by atoms with E-state index in [0.29, 0.717) is 27.6 Å². The maximum Gasteiger partial charge on any atom is 0.197 e. The Labute approximate surface area is 126 Å². The first-order valence-corrected chi connectivity index (χ1v) is 6.73. The van der Waals surface area contributed by atoms with Gasteiger partial charge in [0.25, 0.3) is 0 Å². The van der Waals surface area contributed by atoms with Crippen molar-refractivity contribution in [1.29, 1.82) is 0 Å². The molecule has 2 aromatic carbocycles. The molecular formula is C16H13ClN2O2. The van der Waals surface area contributed by atoms with Crippen molar-refractivity contribution in [3.05, 3.63) is 58.7 Å². The van der Waals surface area contributed by atoms with Crippen LogP contribution in [0.4, 0.5) is 5.69 Å². The third-order valence-electron chi connectivity index (χ3n) is 3.39. The predicted molar refractivity (Wildman–Crippen MR) is 84.1 cm³/mol. The summed E-state index contributed by atoms with van der Waals surface area (Å²) in [5.74, 6) is 0.422. The number of methoxy groups -OCH3 is 1. The summed E-state index contributed by atoms with van der Waals surface area (Å²) in [5, 5.41) is 1.35. The summed E-state index contributed by atoms with van der Waals surface area (Å²) < 4.78 is 5.15. The number of anilines is 1. The van der Waals surface area contributed by atoms with Crippen LogP contribution in [0.15, 0.2) is 42.6 Å². The second-order valence-electron chi connectivity index (χ2n) is 4.67. The fourth-order valence-electron chi connectivity index (χ4n) is 2.28. The molecule has 0 amide bonds. The molecule has 1 aromatic heterocycles. The number of aromatic nitrogens is 1. The van der Waals surface area contributed by atoms with Crippen molar-refractivity contribution in [3.8, 4) is 5.75 Å². The summed E-state index contributed by atoms with van der Waals surface area (Å²) in [6.07, 6.45) is 1.67. The summed E-state index contributed by atoms with van der Waals surface area (Å²) in [6.45, 7) is 0. The number of H-pyrrole nitrogens is 1. The lowest BCUT2D eigenvalue weighted by atomic mass is 10.0. The van der Waals surface area contributed by atoms with Gasteiger partial charge in [-0.1, -0.05) is 11.6 Å². The number of hydrogen-bond donors (Lipinski definition) is 2. The average molecular weight is 301 g/mol. The third-order valence-corrected chi connectivity index (χ3v) is 3.63. The van der Waals surface area contributed by atoms with Gasteiger partial charge in [0.05, 0.1) is 7.11 Å². The lowest BCUT2D eigenvalue weighted by molar-refractivity contribution is 0.104. The summed E-state index contributed by atoms with van der Waals surface area (Å²) in [6, 6.07) is 10.4. The van der Waals surface area contributed by atoms with Crippen LogP contribution in [0.1, 0.15) is 15.9 Å². The van der Waals surface area contributed by atoms with E-state index in [1.807, 2.05) is 6.07 Å². The van der Waals surface area contributed by atoms with Crippen LogP contribution in [-0.4, -0.2) is 17.9 Å². The van der Waals surface area contributed by atoms with Gasteiger partial charge in [-0.15, -0.1) is 0 Å². The van der Waals surface area contributed by atoms with E-state index in [9.17, 15) is 4.79 Å². The minimum Gasteiger partial charge on any atom is -0.497 e. The molecule has 0 saturated carbocycles. The minimum absolute atomic E-state index is 0.167. The molecule has 0 bridgehead atoms. The van der Waals surface area contributed by atoms with Crippen LogP contribution in [0.3, 0.4) is 0 Å². The standard InChI is InChI=1S/C16H13ClN2O2/c1-21-10-3-4-14(18)12(7-10)16(20)13-8-19-15-5-2-9(17)6-11(13)15/h2-8,19H,18H2,1H3. The molecular weight excluding hydrogens is 288 g/mol. The monoisotopic (exact) mass is 300 g/mol.